The molecule has 21 heavy (non-hydrogen) atoms. The Morgan fingerprint density at radius 1 is 1.43 bits per heavy atom. The van der Waals surface area contributed by atoms with Gasteiger partial charge in [-0.15, -0.1) is 0 Å². The van der Waals surface area contributed by atoms with Gasteiger partial charge in [-0.3, -0.25) is 14.3 Å². The van der Waals surface area contributed by atoms with E-state index in [1.807, 2.05) is 0 Å². The summed E-state index contributed by atoms with van der Waals surface area (Å²) in [4.78, 5) is 24.6. The third kappa shape index (κ3) is 3.71. The van der Waals surface area contributed by atoms with Gasteiger partial charge in [0.15, 0.2) is 5.82 Å². The van der Waals surface area contributed by atoms with Crippen LogP contribution in [0.1, 0.15) is 28.2 Å². The van der Waals surface area contributed by atoms with Crippen LogP contribution < -0.4 is 11.1 Å². The summed E-state index contributed by atoms with van der Waals surface area (Å²) >= 11 is 0. The lowest BCUT2D eigenvalue weighted by molar-refractivity contribution is 0.0952. The molecule has 0 aliphatic carbocycles. The van der Waals surface area contributed by atoms with Crippen molar-refractivity contribution in [2.24, 2.45) is 0 Å². The summed E-state index contributed by atoms with van der Waals surface area (Å²) in [5.74, 6) is -2.22. The van der Waals surface area contributed by atoms with Crippen molar-refractivity contribution in [3.05, 3.63) is 51.5 Å². The van der Waals surface area contributed by atoms with Gasteiger partial charge in [0.2, 0.25) is 0 Å². The summed E-state index contributed by atoms with van der Waals surface area (Å²) in [6.45, 7) is 0.111. The molecule has 2 rings (SSSR count). The van der Waals surface area contributed by atoms with Crippen LogP contribution in [0.4, 0.5) is 13.2 Å². The van der Waals surface area contributed by atoms with E-state index in [1.54, 1.807) is 0 Å². The molecule has 0 spiro atoms. The highest BCUT2D eigenvalue weighted by molar-refractivity contribution is 5.94. The molecule has 1 aromatic heterocycles. The molecule has 112 valence electrons. The third-order valence-electron chi connectivity index (χ3n) is 2.63. The minimum absolute atomic E-state index is 0.0782. The lowest BCUT2D eigenvalue weighted by Crippen LogP contribution is -2.26. The molecule has 0 radical (unpaired) electrons. The molecule has 0 aliphatic heterocycles. The predicted molar refractivity (Wildman–Crippen MR) is 64.5 cm³/mol. The zero-order valence-corrected chi connectivity index (χ0v) is 10.5. The topological polar surface area (TPSA) is 88.0 Å². The van der Waals surface area contributed by atoms with E-state index in [9.17, 15) is 22.8 Å². The average molecular weight is 301 g/mol. The summed E-state index contributed by atoms with van der Waals surface area (Å²) in [5, 5.41) is 5.83. The Morgan fingerprint density at radius 2 is 2.19 bits per heavy atom. The maximum Gasteiger partial charge on any atom is 0.438 e. The number of rotatable bonds is 5. The summed E-state index contributed by atoms with van der Waals surface area (Å²) in [6.07, 6.45) is -2.74. The summed E-state index contributed by atoms with van der Waals surface area (Å²) < 4.78 is 42.3. The monoisotopic (exact) mass is 301 g/mol. The Hall–Kier alpha value is -2.58. The number of halogens is 3. The Kier molecular flexibility index (Phi) is 4.41. The fourth-order valence-corrected chi connectivity index (χ4v) is 1.61. The van der Waals surface area contributed by atoms with Crippen LogP contribution in [-0.4, -0.2) is 22.6 Å². The highest BCUT2D eigenvalue weighted by Crippen LogP contribution is 2.22. The van der Waals surface area contributed by atoms with Crippen molar-refractivity contribution in [2.75, 3.05) is 6.54 Å². The number of nitrogens with one attached hydrogen (secondary N) is 2. The van der Waals surface area contributed by atoms with Gasteiger partial charge in [-0.1, -0.05) is 5.16 Å². The molecule has 1 aromatic carbocycles. The second-order valence-electron chi connectivity index (χ2n) is 4.08. The highest BCUT2D eigenvalue weighted by atomic mass is 19.3. The molecule has 1 heterocycles. The molecular weight excluding hydrogens is 291 g/mol. The van der Waals surface area contributed by atoms with Crippen molar-refractivity contribution in [2.45, 2.75) is 12.8 Å². The van der Waals surface area contributed by atoms with Gasteiger partial charge in [0, 0.05) is 18.5 Å². The van der Waals surface area contributed by atoms with E-state index in [1.165, 1.54) is 0 Å². The largest absolute Gasteiger partial charge is 0.438 e. The van der Waals surface area contributed by atoms with Gasteiger partial charge in [-0.2, -0.15) is 0 Å². The van der Waals surface area contributed by atoms with Gasteiger partial charge in [-0.25, -0.2) is 18.0 Å². The molecule has 0 atom stereocenters. The number of hydrogen-bond acceptors (Lipinski definition) is 4. The van der Waals surface area contributed by atoms with E-state index < -0.39 is 29.5 Å². The molecule has 0 saturated carbocycles. The Bertz CT molecular complexity index is 696. The van der Waals surface area contributed by atoms with E-state index in [2.05, 4.69) is 20.0 Å². The van der Waals surface area contributed by atoms with E-state index >= 15 is 0 Å². The lowest BCUT2D eigenvalue weighted by Gasteiger charge is -2.06. The second-order valence-corrected chi connectivity index (χ2v) is 4.08. The van der Waals surface area contributed by atoms with Crippen molar-refractivity contribution in [1.82, 2.24) is 15.5 Å². The predicted octanol–water partition coefficient (Wildman–Crippen LogP) is 1.41. The Balaban J connectivity index is 1.94. The molecule has 0 fully saturated rings. The van der Waals surface area contributed by atoms with Gasteiger partial charge in [-0.05, 0) is 18.2 Å². The van der Waals surface area contributed by atoms with Crippen LogP contribution in [0.2, 0.25) is 0 Å². The van der Waals surface area contributed by atoms with Crippen molar-refractivity contribution in [3.63, 3.8) is 0 Å². The molecule has 0 saturated heterocycles. The van der Waals surface area contributed by atoms with E-state index in [-0.39, 0.29) is 24.4 Å². The molecule has 0 aliphatic rings. The fourth-order valence-electron chi connectivity index (χ4n) is 1.61. The van der Waals surface area contributed by atoms with Gasteiger partial charge < -0.3 is 5.32 Å². The van der Waals surface area contributed by atoms with Gasteiger partial charge >= 0.3 is 5.76 Å². The molecule has 0 bridgehead atoms. The quantitative estimate of drug-likeness (QED) is 0.874. The average Bonchev–Trinajstić information content (AvgIpc) is 2.83. The first-order valence-electron chi connectivity index (χ1n) is 5.88. The van der Waals surface area contributed by atoms with E-state index in [0.717, 1.165) is 18.2 Å². The SMILES string of the molecule is O=C(NCCc1noc(=O)[nH]1)c1ccc(C(F)F)c(F)c1. The number of nitrogens with zero attached hydrogens (tertiary/aromatic N) is 1. The number of H-pyrrole nitrogens is 1. The fraction of sp³-hybridized carbons (Fsp3) is 0.250. The van der Waals surface area contributed by atoms with Crippen LogP contribution in [0.15, 0.2) is 27.5 Å². The molecule has 1 amide bonds. The number of aromatic nitrogens is 2. The van der Waals surface area contributed by atoms with E-state index in [0.29, 0.717) is 0 Å². The zero-order chi connectivity index (χ0) is 15.4. The summed E-state index contributed by atoms with van der Waals surface area (Å²) in [5.41, 5.74) is -0.836. The first-order chi connectivity index (χ1) is 9.97. The second kappa shape index (κ2) is 6.25. The summed E-state index contributed by atoms with van der Waals surface area (Å²) in [7, 11) is 0. The molecule has 0 unspecified atom stereocenters. The lowest BCUT2D eigenvalue weighted by atomic mass is 10.1. The van der Waals surface area contributed by atoms with Crippen LogP contribution >= 0.6 is 0 Å². The van der Waals surface area contributed by atoms with Crippen LogP contribution in [0.3, 0.4) is 0 Å². The normalized spacial score (nSPS) is 10.9. The number of amides is 1. The number of carbonyl (C=O) groups excluding carboxylic acids is 1. The van der Waals surface area contributed by atoms with Crippen molar-refractivity contribution >= 4 is 5.91 Å². The van der Waals surface area contributed by atoms with Crippen LogP contribution in [0, 0.1) is 5.82 Å². The molecule has 2 N–H and O–H groups in total. The van der Waals surface area contributed by atoms with Crippen LogP contribution in [0.5, 0.6) is 0 Å². The third-order valence-corrected chi connectivity index (χ3v) is 2.63. The minimum atomic E-state index is -2.94. The molecular formula is C12H10F3N3O3. The number of alkyl halides is 2. The van der Waals surface area contributed by atoms with Crippen LogP contribution in [-0.2, 0) is 6.42 Å². The van der Waals surface area contributed by atoms with Crippen molar-refractivity contribution in [1.29, 1.82) is 0 Å². The molecule has 9 heteroatoms. The van der Waals surface area contributed by atoms with Gasteiger partial charge in [0.25, 0.3) is 12.3 Å². The maximum absolute atomic E-state index is 13.3. The number of aromatic amines is 1. The van der Waals surface area contributed by atoms with E-state index in [4.69, 9.17) is 0 Å². The number of carbonyl (C=O) groups is 1. The Labute approximate surface area is 116 Å². The number of benzene rings is 1. The Morgan fingerprint density at radius 3 is 2.76 bits per heavy atom. The summed E-state index contributed by atoms with van der Waals surface area (Å²) in [6, 6.07) is 2.72. The molecule has 6 nitrogen and oxygen atoms in total. The standard InChI is InChI=1S/C12H10F3N3O3/c13-8-5-6(1-2-7(8)10(14)15)11(19)16-4-3-9-17-12(20)21-18-9/h1-2,5,10H,3-4H2,(H,16,19)(H,17,18,20). The maximum atomic E-state index is 13.3. The van der Waals surface area contributed by atoms with Crippen molar-refractivity contribution < 1.29 is 22.5 Å². The zero-order valence-electron chi connectivity index (χ0n) is 10.5. The minimum Gasteiger partial charge on any atom is -0.352 e. The number of hydrogen-bond donors (Lipinski definition) is 2. The van der Waals surface area contributed by atoms with Gasteiger partial charge in [0.1, 0.15) is 5.82 Å². The smallest absolute Gasteiger partial charge is 0.352 e. The van der Waals surface area contributed by atoms with Crippen LogP contribution in [0.25, 0.3) is 0 Å². The molecule has 2 aromatic rings. The first-order valence-corrected chi connectivity index (χ1v) is 5.88. The highest BCUT2D eigenvalue weighted by Gasteiger charge is 2.15. The van der Waals surface area contributed by atoms with Crippen molar-refractivity contribution in [3.8, 4) is 0 Å². The van der Waals surface area contributed by atoms with Gasteiger partial charge in [0.05, 0.1) is 5.56 Å². The first kappa shape index (κ1) is 14.8.